The Morgan fingerprint density at radius 2 is 1.33 bits per heavy atom. The highest BCUT2D eigenvalue weighted by Gasteiger charge is 2.38. The van der Waals surface area contributed by atoms with Crippen LogP contribution < -0.4 is 14.5 Å². The minimum atomic E-state index is -4.80. The number of aromatic nitrogens is 2. The van der Waals surface area contributed by atoms with Crippen molar-refractivity contribution < 1.29 is 27.1 Å². The van der Waals surface area contributed by atoms with Gasteiger partial charge in [-0.2, -0.15) is 13.2 Å². The van der Waals surface area contributed by atoms with Crippen LogP contribution in [0.5, 0.6) is 0 Å². The van der Waals surface area contributed by atoms with Gasteiger partial charge in [-0.3, -0.25) is 4.79 Å². The van der Waals surface area contributed by atoms with Gasteiger partial charge in [0, 0.05) is 45.3 Å². The zero-order chi connectivity index (χ0) is 21.3. The van der Waals surface area contributed by atoms with Gasteiger partial charge in [-0.25, -0.2) is 9.13 Å². The Kier molecular flexibility index (Phi) is 5.45. The molecule has 0 bridgehead atoms. The van der Waals surface area contributed by atoms with E-state index < -0.39 is 12.1 Å². The molecule has 156 valence electrons. The number of carbonyl (C=O) groups is 1. The quantitative estimate of drug-likeness (QED) is 0.277. The zero-order valence-corrected chi connectivity index (χ0v) is 16.8. The largest absolute Gasteiger partial charge is 0.471 e. The van der Waals surface area contributed by atoms with E-state index in [4.69, 9.17) is 0 Å². The fourth-order valence-electron chi connectivity index (χ4n) is 4.11. The van der Waals surface area contributed by atoms with Crippen molar-refractivity contribution >= 4 is 38.2 Å². The van der Waals surface area contributed by atoms with E-state index in [0.29, 0.717) is 6.42 Å². The summed E-state index contributed by atoms with van der Waals surface area (Å²) in [7, 11) is 2.03. The Morgan fingerprint density at radius 3 is 1.87 bits per heavy atom. The maximum Gasteiger partial charge on any atom is 0.471 e. The molecule has 2 aromatic carbocycles. The first-order valence-corrected chi connectivity index (χ1v) is 10.1. The molecular formula is C23H24F3N3O+2. The lowest BCUT2D eigenvalue weighted by Crippen LogP contribution is -2.37. The summed E-state index contributed by atoms with van der Waals surface area (Å²) in [5, 5.41) is 9.34. The lowest BCUT2D eigenvalue weighted by Gasteiger charge is -2.09. The fraction of sp³-hybridized carbons (Fsp3) is 0.348. The van der Waals surface area contributed by atoms with Gasteiger partial charge in [0.25, 0.3) is 0 Å². The summed E-state index contributed by atoms with van der Waals surface area (Å²) in [6.07, 6.45) is 6.96. The average Bonchev–Trinajstić information content (AvgIpc) is 2.69. The zero-order valence-electron chi connectivity index (χ0n) is 16.8. The number of rotatable bonds is 7. The number of hydrogen-bond acceptors (Lipinski definition) is 1. The topological polar surface area (TPSA) is 36.9 Å². The molecule has 0 saturated heterocycles. The van der Waals surface area contributed by atoms with E-state index in [2.05, 4.69) is 58.2 Å². The maximum atomic E-state index is 12.1. The monoisotopic (exact) mass is 415 g/mol. The van der Waals surface area contributed by atoms with Gasteiger partial charge in [0.1, 0.15) is 13.6 Å². The number of halogens is 3. The number of pyridine rings is 2. The summed E-state index contributed by atoms with van der Waals surface area (Å²) in [5.41, 5.74) is 0. The van der Waals surface area contributed by atoms with E-state index in [1.807, 2.05) is 12.4 Å². The molecule has 1 N–H and O–H groups in total. The highest BCUT2D eigenvalue weighted by molar-refractivity contribution is 6.21. The Bertz CT molecular complexity index is 1140. The van der Waals surface area contributed by atoms with E-state index in [0.717, 1.165) is 25.8 Å². The van der Waals surface area contributed by atoms with Crippen molar-refractivity contribution in [2.45, 2.75) is 38.4 Å². The maximum absolute atomic E-state index is 12.1. The van der Waals surface area contributed by atoms with Gasteiger partial charge >= 0.3 is 12.1 Å². The number of alkyl halides is 3. The van der Waals surface area contributed by atoms with Crippen molar-refractivity contribution in [2.75, 3.05) is 6.54 Å². The Labute approximate surface area is 172 Å². The molecule has 4 rings (SSSR count). The van der Waals surface area contributed by atoms with Gasteiger partial charge < -0.3 is 5.32 Å². The average molecular weight is 415 g/mol. The van der Waals surface area contributed by atoms with Gasteiger partial charge in [-0.1, -0.05) is 6.42 Å². The summed E-state index contributed by atoms with van der Waals surface area (Å²) < 4.78 is 40.6. The lowest BCUT2D eigenvalue weighted by molar-refractivity contribution is -0.695. The molecule has 30 heavy (non-hydrogen) atoms. The van der Waals surface area contributed by atoms with E-state index >= 15 is 0 Å². The third-order valence-corrected chi connectivity index (χ3v) is 5.47. The number of hydrogen-bond donors (Lipinski definition) is 1. The fourth-order valence-corrected chi connectivity index (χ4v) is 4.11. The second-order valence-electron chi connectivity index (χ2n) is 7.83. The first kappa shape index (κ1) is 20.3. The molecule has 0 aliphatic carbocycles. The van der Waals surface area contributed by atoms with Crippen LogP contribution in [0.4, 0.5) is 13.2 Å². The second-order valence-corrected chi connectivity index (χ2v) is 7.83. The molecule has 4 nitrogen and oxygen atoms in total. The van der Waals surface area contributed by atoms with Crippen LogP contribution in [0, 0.1) is 0 Å². The lowest BCUT2D eigenvalue weighted by atomic mass is 9.97. The van der Waals surface area contributed by atoms with Crippen LogP contribution in [-0.2, 0) is 18.4 Å². The molecule has 4 aromatic rings. The van der Waals surface area contributed by atoms with Crippen LogP contribution in [0.2, 0.25) is 0 Å². The van der Waals surface area contributed by atoms with Crippen molar-refractivity contribution in [3.05, 3.63) is 49.1 Å². The van der Waals surface area contributed by atoms with E-state index in [9.17, 15) is 18.0 Å². The molecular weight excluding hydrogens is 391 g/mol. The minimum absolute atomic E-state index is 0.0591. The van der Waals surface area contributed by atoms with Crippen LogP contribution in [0.3, 0.4) is 0 Å². The smallest absolute Gasteiger partial charge is 0.348 e. The highest BCUT2D eigenvalue weighted by atomic mass is 19.4. The van der Waals surface area contributed by atoms with Crippen LogP contribution in [0.25, 0.3) is 32.3 Å². The molecule has 0 radical (unpaired) electrons. The van der Waals surface area contributed by atoms with Crippen molar-refractivity contribution in [1.82, 2.24) is 5.32 Å². The summed E-state index contributed by atoms with van der Waals surface area (Å²) in [6, 6.07) is 8.63. The minimum Gasteiger partial charge on any atom is -0.348 e. The van der Waals surface area contributed by atoms with E-state index in [1.54, 1.807) is 0 Å². The third-order valence-electron chi connectivity index (χ3n) is 5.47. The predicted octanol–water partition coefficient (Wildman–Crippen LogP) is 3.93. The third kappa shape index (κ3) is 4.15. The van der Waals surface area contributed by atoms with E-state index in [-0.39, 0.29) is 6.54 Å². The number of amides is 1. The van der Waals surface area contributed by atoms with Gasteiger partial charge in [-0.05, 0) is 37.1 Å². The molecule has 2 aromatic heterocycles. The normalized spacial score (nSPS) is 12.3. The predicted molar refractivity (Wildman–Crippen MR) is 109 cm³/mol. The van der Waals surface area contributed by atoms with Crippen molar-refractivity contribution in [2.24, 2.45) is 7.05 Å². The van der Waals surface area contributed by atoms with Gasteiger partial charge in [0.2, 0.25) is 0 Å². The number of unbranched alkanes of at least 4 members (excludes halogenated alkanes) is 3. The molecule has 2 heterocycles. The van der Waals surface area contributed by atoms with Crippen molar-refractivity contribution in [3.63, 3.8) is 0 Å². The second kappa shape index (κ2) is 8.05. The molecule has 1 amide bonds. The van der Waals surface area contributed by atoms with Crippen molar-refractivity contribution in [1.29, 1.82) is 0 Å². The summed E-state index contributed by atoms with van der Waals surface area (Å²) in [4.78, 5) is 10.8. The van der Waals surface area contributed by atoms with Gasteiger partial charge in [0.15, 0.2) is 24.8 Å². The van der Waals surface area contributed by atoms with Crippen LogP contribution >= 0.6 is 0 Å². The van der Waals surface area contributed by atoms with Gasteiger partial charge in [-0.15, -0.1) is 0 Å². The number of carbonyl (C=O) groups excluding carboxylic acids is 1. The van der Waals surface area contributed by atoms with Crippen molar-refractivity contribution in [3.8, 4) is 0 Å². The first-order chi connectivity index (χ1) is 14.3. The standard InChI is InChI=1S/C23H23F3N3O/c1-28-12-16-6-8-18-14-29(15-19-9-7-17(13-28)20(16)21(18)19)11-5-3-2-4-10-27-22(30)23(24,25)26/h6-9,12-15H,2-5,10-11H2,1H3/q+1/p+1. The SMILES string of the molecule is C[n+]1cc2ccc3c[n+](CCCCCCNC(=O)C(F)(F)F)cc4ccc(c1)c2c34. The van der Waals surface area contributed by atoms with Gasteiger partial charge in [0.05, 0.1) is 0 Å². The number of nitrogens with one attached hydrogen (secondary N) is 1. The summed E-state index contributed by atoms with van der Waals surface area (Å²) in [6.45, 7) is 0.907. The molecule has 7 heteroatoms. The first-order valence-electron chi connectivity index (χ1n) is 10.1. The Balaban J connectivity index is 1.37. The number of aryl methyl sites for hydroxylation is 2. The Hall–Kier alpha value is -2.96. The highest BCUT2D eigenvalue weighted by Crippen LogP contribution is 2.32. The number of nitrogens with zero attached hydrogens (tertiary/aromatic N) is 2. The molecule has 0 aliphatic heterocycles. The number of benzene rings is 2. The molecule has 0 aliphatic rings. The summed E-state index contributed by atoms with van der Waals surface area (Å²) >= 11 is 0. The Morgan fingerprint density at radius 1 is 0.833 bits per heavy atom. The summed E-state index contributed by atoms with van der Waals surface area (Å²) in [5.74, 6) is -1.86. The molecule has 0 unspecified atom stereocenters. The molecule has 0 saturated carbocycles. The molecule has 0 spiro atoms. The molecule has 0 atom stereocenters. The van der Waals surface area contributed by atoms with Crippen LogP contribution in [-0.4, -0.2) is 18.6 Å². The van der Waals surface area contributed by atoms with E-state index in [1.165, 1.54) is 32.3 Å². The van der Waals surface area contributed by atoms with Crippen LogP contribution in [0.1, 0.15) is 25.7 Å². The molecule has 0 fully saturated rings. The van der Waals surface area contributed by atoms with Crippen LogP contribution in [0.15, 0.2) is 49.1 Å².